The molecule has 0 amide bonds. The van der Waals surface area contributed by atoms with Gasteiger partial charge in [0.1, 0.15) is 11.5 Å². The molecule has 0 N–H and O–H groups in total. The summed E-state index contributed by atoms with van der Waals surface area (Å²) in [6, 6.07) is 31.8. The highest BCUT2D eigenvalue weighted by molar-refractivity contribution is 7.92. The second-order valence-corrected chi connectivity index (χ2v) is 16.3. The highest BCUT2D eigenvalue weighted by atomic mass is 32.2. The van der Waals surface area contributed by atoms with Gasteiger partial charge in [-0.2, -0.15) is 0 Å². The van der Waals surface area contributed by atoms with Crippen molar-refractivity contribution < 1.29 is 26.4 Å². The third-order valence-corrected chi connectivity index (χ3v) is 14.2. The lowest BCUT2D eigenvalue weighted by molar-refractivity contribution is -0.128. The Bertz CT molecular complexity index is 1840. The summed E-state index contributed by atoms with van der Waals surface area (Å²) < 4.78 is 63.0. The van der Waals surface area contributed by atoms with Crippen molar-refractivity contribution in [2.45, 2.75) is 58.3 Å². The van der Waals surface area contributed by atoms with Crippen LogP contribution >= 0.6 is 0 Å². The number of benzene rings is 4. The van der Waals surface area contributed by atoms with Crippen molar-refractivity contribution in [3.63, 3.8) is 0 Å². The Morgan fingerprint density at radius 1 is 0.614 bits per heavy atom. The van der Waals surface area contributed by atoms with Gasteiger partial charge < -0.3 is 4.74 Å². The zero-order valence-corrected chi connectivity index (χ0v) is 26.4. The number of hydrogen-bond acceptors (Lipinski definition) is 6. The minimum atomic E-state index is -3.92. The number of hydrogen-bond donors (Lipinski definition) is 0. The SMILES string of the molecule is COc1ccc([C@@H]2CC(=O)[C@@H]3CC(S(=O)(=O)c4ccccc4)[C@H](c4ccc(C)cc4)C[C@@H]3C2S(=O)(=O)c2ccccc2)cc1. The second kappa shape index (κ2) is 12.0. The zero-order valence-electron chi connectivity index (χ0n) is 24.7. The van der Waals surface area contributed by atoms with Gasteiger partial charge in [-0.3, -0.25) is 4.79 Å². The van der Waals surface area contributed by atoms with Crippen LogP contribution in [0.2, 0.25) is 0 Å². The van der Waals surface area contributed by atoms with Crippen LogP contribution in [0, 0.1) is 18.8 Å². The fourth-order valence-corrected chi connectivity index (χ4v) is 11.7. The molecule has 8 heteroatoms. The zero-order chi connectivity index (χ0) is 31.1. The molecule has 0 aliphatic heterocycles. The molecule has 6 nitrogen and oxygen atoms in total. The van der Waals surface area contributed by atoms with Gasteiger partial charge in [0.25, 0.3) is 0 Å². The first kappa shape index (κ1) is 30.3. The lowest BCUT2D eigenvalue weighted by atomic mass is 9.61. The molecule has 2 unspecified atom stereocenters. The van der Waals surface area contributed by atoms with Gasteiger partial charge >= 0.3 is 0 Å². The average Bonchev–Trinajstić information content (AvgIpc) is 3.05. The lowest BCUT2D eigenvalue weighted by Gasteiger charge is -2.48. The second-order valence-electron chi connectivity index (χ2n) is 12.0. The smallest absolute Gasteiger partial charge is 0.182 e. The van der Waals surface area contributed by atoms with E-state index in [9.17, 15) is 21.6 Å². The number of fused-ring (bicyclic) bond motifs is 1. The number of Topliss-reactive ketones (excluding diaryl/α,β-unsaturated/α-hetero) is 1. The number of rotatable bonds is 7. The highest BCUT2D eigenvalue weighted by Gasteiger charge is 2.56. The molecule has 0 heterocycles. The molecule has 2 fully saturated rings. The molecule has 6 rings (SSSR count). The number of carbonyl (C=O) groups excluding carboxylic acids is 1. The average molecular weight is 629 g/mol. The van der Waals surface area contributed by atoms with Crippen LogP contribution in [-0.4, -0.2) is 40.2 Å². The topological polar surface area (TPSA) is 94.6 Å². The molecule has 0 aromatic heterocycles. The molecular weight excluding hydrogens is 593 g/mol. The van der Waals surface area contributed by atoms with Crippen molar-refractivity contribution in [2.24, 2.45) is 11.8 Å². The number of aryl methyl sites for hydroxylation is 1. The summed E-state index contributed by atoms with van der Waals surface area (Å²) in [6.07, 6.45) is 0.368. The molecule has 6 atom stereocenters. The standard InChI is InChI=1S/C36H36O6S2/c1-24-13-15-25(16-14-24)30-21-33-32(23-35(30)43(38,39)28-9-5-3-6-10-28)34(37)22-31(26-17-19-27(42-2)20-18-26)36(33)44(40,41)29-11-7-4-8-12-29/h3-20,30-33,35-36H,21-23H2,1-2H3/t30-,31-,32+,33-,35?,36?/m0/s1. The summed E-state index contributed by atoms with van der Waals surface area (Å²) in [7, 11) is -6.19. The van der Waals surface area contributed by atoms with Crippen LogP contribution in [0.4, 0.5) is 0 Å². The Labute approximate surface area is 259 Å². The van der Waals surface area contributed by atoms with Crippen molar-refractivity contribution in [1.82, 2.24) is 0 Å². The maximum Gasteiger partial charge on any atom is 0.182 e. The van der Waals surface area contributed by atoms with E-state index in [0.29, 0.717) is 5.75 Å². The molecule has 44 heavy (non-hydrogen) atoms. The molecule has 0 radical (unpaired) electrons. The third-order valence-electron chi connectivity index (χ3n) is 9.58. The molecule has 0 saturated heterocycles. The van der Waals surface area contributed by atoms with Crippen molar-refractivity contribution >= 4 is 25.5 Å². The van der Waals surface area contributed by atoms with Crippen molar-refractivity contribution in [3.05, 3.63) is 126 Å². The number of ether oxygens (including phenoxy) is 1. The lowest BCUT2D eigenvalue weighted by Crippen LogP contribution is -2.53. The van der Waals surface area contributed by atoms with Crippen molar-refractivity contribution in [2.75, 3.05) is 7.11 Å². The van der Waals surface area contributed by atoms with E-state index >= 15 is 0 Å². The minimum absolute atomic E-state index is 0.0253. The van der Waals surface area contributed by atoms with E-state index in [0.717, 1.165) is 16.7 Å². The molecule has 228 valence electrons. The summed E-state index contributed by atoms with van der Waals surface area (Å²) in [5.74, 6) is -1.77. The first-order valence-corrected chi connectivity index (χ1v) is 18.0. The number of carbonyl (C=O) groups is 1. The Hall–Kier alpha value is -3.75. The van der Waals surface area contributed by atoms with E-state index in [2.05, 4.69) is 0 Å². The normalized spacial score (nSPS) is 25.6. The Balaban J connectivity index is 1.50. The molecule has 2 aliphatic rings. The molecular formula is C36H36O6S2. The maximum absolute atomic E-state index is 14.6. The van der Waals surface area contributed by atoms with Crippen LogP contribution in [0.5, 0.6) is 5.75 Å². The molecule has 4 aromatic carbocycles. The minimum Gasteiger partial charge on any atom is -0.497 e. The highest BCUT2D eigenvalue weighted by Crippen LogP contribution is 2.54. The van der Waals surface area contributed by atoms with Crippen molar-refractivity contribution in [3.8, 4) is 5.75 Å². The first-order valence-electron chi connectivity index (χ1n) is 14.9. The van der Waals surface area contributed by atoms with E-state index in [-0.39, 0.29) is 34.8 Å². The van der Waals surface area contributed by atoms with Crippen LogP contribution < -0.4 is 4.74 Å². The van der Waals surface area contributed by atoms with Crippen LogP contribution in [-0.2, 0) is 24.5 Å². The maximum atomic E-state index is 14.6. The van der Waals surface area contributed by atoms with E-state index in [4.69, 9.17) is 4.74 Å². The first-order chi connectivity index (χ1) is 21.1. The third kappa shape index (κ3) is 5.50. The molecule has 2 saturated carbocycles. The van der Waals surface area contributed by atoms with E-state index in [1.165, 1.54) is 0 Å². The van der Waals surface area contributed by atoms with Gasteiger partial charge in [0.15, 0.2) is 19.7 Å². The fraction of sp³-hybridized carbons (Fsp3) is 0.306. The van der Waals surface area contributed by atoms with Crippen molar-refractivity contribution in [1.29, 1.82) is 0 Å². The summed E-state index contributed by atoms with van der Waals surface area (Å²) in [5.41, 5.74) is 2.64. The predicted octanol–water partition coefficient (Wildman–Crippen LogP) is 6.56. The number of methoxy groups -OCH3 is 1. The summed E-state index contributed by atoms with van der Waals surface area (Å²) in [5, 5.41) is -1.77. The number of ketones is 1. The summed E-state index contributed by atoms with van der Waals surface area (Å²) in [4.78, 5) is 14.5. The fourth-order valence-electron chi connectivity index (χ4n) is 7.38. The van der Waals surface area contributed by atoms with Gasteiger partial charge in [-0.15, -0.1) is 0 Å². The molecule has 4 aromatic rings. The van der Waals surface area contributed by atoms with Crippen LogP contribution in [0.15, 0.2) is 119 Å². The Kier molecular flexibility index (Phi) is 8.24. The van der Waals surface area contributed by atoms with Gasteiger partial charge in [0.05, 0.1) is 27.4 Å². The molecule has 2 aliphatic carbocycles. The molecule has 0 bridgehead atoms. The van der Waals surface area contributed by atoms with E-state index in [1.54, 1.807) is 79.9 Å². The largest absolute Gasteiger partial charge is 0.497 e. The van der Waals surface area contributed by atoms with Gasteiger partial charge in [-0.05, 0) is 73.2 Å². The van der Waals surface area contributed by atoms with Gasteiger partial charge in [-0.1, -0.05) is 78.4 Å². The van der Waals surface area contributed by atoms with Crippen LogP contribution in [0.25, 0.3) is 0 Å². The monoisotopic (exact) mass is 628 g/mol. The summed E-state index contributed by atoms with van der Waals surface area (Å²) >= 11 is 0. The Morgan fingerprint density at radius 2 is 1.14 bits per heavy atom. The van der Waals surface area contributed by atoms with Gasteiger partial charge in [0.2, 0.25) is 0 Å². The predicted molar refractivity (Wildman–Crippen MR) is 170 cm³/mol. The Morgan fingerprint density at radius 3 is 1.70 bits per heavy atom. The van der Waals surface area contributed by atoms with E-state index < -0.39 is 53.8 Å². The van der Waals surface area contributed by atoms with Crippen LogP contribution in [0.1, 0.15) is 47.8 Å². The quantitative estimate of drug-likeness (QED) is 0.230. The molecule has 0 spiro atoms. The van der Waals surface area contributed by atoms with Gasteiger partial charge in [0, 0.05) is 24.2 Å². The summed E-state index contributed by atoms with van der Waals surface area (Å²) in [6.45, 7) is 1.97. The van der Waals surface area contributed by atoms with Crippen LogP contribution in [0.3, 0.4) is 0 Å². The van der Waals surface area contributed by atoms with E-state index in [1.807, 2.05) is 43.3 Å². The number of sulfone groups is 2. The van der Waals surface area contributed by atoms with Gasteiger partial charge in [-0.25, -0.2) is 16.8 Å².